The molecule has 0 aromatic heterocycles. The van der Waals surface area contributed by atoms with Gasteiger partial charge in [0.1, 0.15) is 11.5 Å². The second-order valence-electron chi connectivity index (χ2n) is 1.52. The van der Waals surface area contributed by atoms with Crippen LogP contribution in [0.4, 0.5) is 0 Å². The Bertz CT molecular complexity index is 150. The fraction of sp³-hybridized carbons (Fsp3) is 0. The molecule has 3 heteroatoms. The largest absolute Gasteiger partial charge is 1.00 e. The molecule has 0 radical (unpaired) electrons. The maximum atomic E-state index is 8.65. The standard InChI is InChI=1S/C6H6O2.K/c7-5-1-2-6(8)4-3-5;/h1-4,7-8H;/q;+1. The fourth-order valence-electron chi connectivity index (χ4n) is 0.453. The first-order chi connectivity index (χ1) is 3.79. The number of rotatable bonds is 0. The Hall–Kier alpha value is 0.456. The van der Waals surface area contributed by atoms with E-state index in [2.05, 4.69) is 0 Å². The first-order valence-corrected chi connectivity index (χ1v) is 2.27. The molecule has 0 aliphatic heterocycles. The molecule has 0 spiro atoms. The molecule has 0 fully saturated rings. The van der Waals surface area contributed by atoms with Crippen molar-refractivity contribution < 1.29 is 61.6 Å². The number of hydrogen-bond donors (Lipinski definition) is 2. The summed E-state index contributed by atoms with van der Waals surface area (Å²) in [7, 11) is 0. The molecular formula is C6H6KO2+. The van der Waals surface area contributed by atoms with Gasteiger partial charge in [0.15, 0.2) is 0 Å². The van der Waals surface area contributed by atoms with Crippen LogP contribution in [0.2, 0.25) is 0 Å². The maximum Gasteiger partial charge on any atom is 1.00 e. The molecule has 0 atom stereocenters. The first kappa shape index (κ1) is 9.46. The molecule has 1 rings (SSSR count). The molecule has 0 bridgehead atoms. The minimum atomic E-state index is 0. The van der Waals surface area contributed by atoms with Crippen LogP contribution in [0.5, 0.6) is 11.5 Å². The van der Waals surface area contributed by atoms with Gasteiger partial charge >= 0.3 is 51.4 Å². The zero-order valence-corrected chi connectivity index (χ0v) is 8.33. The van der Waals surface area contributed by atoms with E-state index in [1.807, 2.05) is 0 Å². The molecule has 2 nitrogen and oxygen atoms in total. The van der Waals surface area contributed by atoms with E-state index in [0.717, 1.165) is 0 Å². The van der Waals surface area contributed by atoms with Crippen molar-refractivity contribution in [2.45, 2.75) is 0 Å². The summed E-state index contributed by atoms with van der Waals surface area (Å²) in [5, 5.41) is 17.3. The van der Waals surface area contributed by atoms with Crippen molar-refractivity contribution in [2.75, 3.05) is 0 Å². The Balaban J connectivity index is 0.000000640. The van der Waals surface area contributed by atoms with E-state index in [4.69, 9.17) is 10.2 Å². The topological polar surface area (TPSA) is 40.5 Å². The molecule has 0 unspecified atom stereocenters. The van der Waals surface area contributed by atoms with Crippen molar-refractivity contribution >= 4 is 0 Å². The summed E-state index contributed by atoms with van der Waals surface area (Å²) < 4.78 is 0. The molecule has 1 aromatic carbocycles. The third-order valence-corrected chi connectivity index (χ3v) is 0.850. The number of phenols is 2. The fourth-order valence-corrected chi connectivity index (χ4v) is 0.453. The summed E-state index contributed by atoms with van der Waals surface area (Å²) in [5.74, 6) is 0.339. The van der Waals surface area contributed by atoms with Crippen molar-refractivity contribution in [3.63, 3.8) is 0 Å². The average molecular weight is 149 g/mol. The van der Waals surface area contributed by atoms with Crippen LogP contribution < -0.4 is 51.4 Å². The van der Waals surface area contributed by atoms with E-state index in [9.17, 15) is 0 Å². The van der Waals surface area contributed by atoms with Gasteiger partial charge in [-0.1, -0.05) is 0 Å². The smallest absolute Gasteiger partial charge is 0.508 e. The van der Waals surface area contributed by atoms with Gasteiger partial charge in [0.05, 0.1) is 0 Å². The Labute approximate surface area is 95.9 Å². The van der Waals surface area contributed by atoms with Crippen LogP contribution in [0.25, 0.3) is 0 Å². The predicted molar refractivity (Wildman–Crippen MR) is 29.8 cm³/mol. The predicted octanol–water partition coefficient (Wildman–Crippen LogP) is -1.90. The van der Waals surface area contributed by atoms with Crippen molar-refractivity contribution in [3.05, 3.63) is 24.3 Å². The molecule has 0 saturated heterocycles. The van der Waals surface area contributed by atoms with Crippen molar-refractivity contribution in [3.8, 4) is 11.5 Å². The van der Waals surface area contributed by atoms with Crippen molar-refractivity contribution in [1.82, 2.24) is 0 Å². The molecule has 1 aromatic rings. The van der Waals surface area contributed by atoms with Gasteiger partial charge in [0.25, 0.3) is 0 Å². The Morgan fingerprint density at radius 3 is 1.22 bits per heavy atom. The van der Waals surface area contributed by atoms with Crippen molar-refractivity contribution in [2.24, 2.45) is 0 Å². The molecule has 0 aliphatic rings. The number of phenolic OH excluding ortho intramolecular Hbond substituents is 2. The quantitative estimate of drug-likeness (QED) is 0.334. The molecular weight excluding hydrogens is 143 g/mol. The van der Waals surface area contributed by atoms with E-state index in [1.165, 1.54) is 24.3 Å². The van der Waals surface area contributed by atoms with Gasteiger partial charge in [-0.3, -0.25) is 0 Å². The van der Waals surface area contributed by atoms with Gasteiger partial charge in [-0.05, 0) is 24.3 Å². The van der Waals surface area contributed by atoms with Gasteiger partial charge in [-0.25, -0.2) is 0 Å². The van der Waals surface area contributed by atoms with Gasteiger partial charge < -0.3 is 10.2 Å². The average Bonchev–Trinajstić information content (AvgIpc) is 1.77. The number of benzene rings is 1. The molecule has 2 N–H and O–H groups in total. The minimum Gasteiger partial charge on any atom is -0.508 e. The van der Waals surface area contributed by atoms with Crippen LogP contribution in [-0.4, -0.2) is 10.2 Å². The zero-order chi connectivity index (χ0) is 5.98. The minimum absolute atomic E-state index is 0. The van der Waals surface area contributed by atoms with Crippen LogP contribution in [0.3, 0.4) is 0 Å². The number of aromatic hydroxyl groups is 2. The molecule has 42 valence electrons. The van der Waals surface area contributed by atoms with E-state index < -0.39 is 0 Å². The second kappa shape index (κ2) is 4.30. The molecule has 0 aliphatic carbocycles. The van der Waals surface area contributed by atoms with E-state index in [-0.39, 0.29) is 62.9 Å². The van der Waals surface area contributed by atoms with Crippen LogP contribution >= 0.6 is 0 Å². The maximum absolute atomic E-state index is 8.65. The summed E-state index contributed by atoms with van der Waals surface area (Å²) in [5.41, 5.74) is 0. The molecule has 0 saturated carbocycles. The third-order valence-electron chi connectivity index (χ3n) is 0.850. The second-order valence-corrected chi connectivity index (χ2v) is 1.52. The summed E-state index contributed by atoms with van der Waals surface area (Å²) >= 11 is 0. The molecule has 0 amide bonds. The van der Waals surface area contributed by atoms with Gasteiger partial charge in [-0.15, -0.1) is 0 Å². The monoisotopic (exact) mass is 149 g/mol. The summed E-state index contributed by atoms with van der Waals surface area (Å²) in [6.07, 6.45) is 0. The SMILES string of the molecule is Oc1ccc(O)cc1.[K+]. The van der Waals surface area contributed by atoms with E-state index >= 15 is 0 Å². The van der Waals surface area contributed by atoms with Crippen LogP contribution in [-0.2, 0) is 0 Å². The Morgan fingerprint density at radius 1 is 0.778 bits per heavy atom. The van der Waals surface area contributed by atoms with E-state index in [1.54, 1.807) is 0 Å². The van der Waals surface area contributed by atoms with Crippen LogP contribution in [0.1, 0.15) is 0 Å². The normalized spacial score (nSPS) is 8.00. The van der Waals surface area contributed by atoms with Gasteiger partial charge in [-0.2, -0.15) is 0 Å². The molecule has 0 heterocycles. The summed E-state index contributed by atoms with van der Waals surface area (Å²) in [4.78, 5) is 0. The first-order valence-electron chi connectivity index (χ1n) is 2.27. The van der Waals surface area contributed by atoms with Crippen LogP contribution in [0.15, 0.2) is 24.3 Å². The van der Waals surface area contributed by atoms with Gasteiger partial charge in [0.2, 0.25) is 0 Å². The Morgan fingerprint density at radius 2 is 1.00 bits per heavy atom. The summed E-state index contributed by atoms with van der Waals surface area (Å²) in [6.45, 7) is 0. The summed E-state index contributed by atoms with van der Waals surface area (Å²) in [6, 6.07) is 5.70. The van der Waals surface area contributed by atoms with Crippen molar-refractivity contribution in [1.29, 1.82) is 0 Å². The van der Waals surface area contributed by atoms with Gasteiger partial charge in [0, 0.05) is 0 Å². The third kappa shape index (κ3) is 3.22. The number of hydrogen-bond acceptors (Lipinski definition) is 2. The van der Waals surface area contributed by atoms with E-state index in [0.29, 0.717) is 0 Å². The molecule has 9 heavy (non-hydrogen) atoms. The Kier molecular flexibility index (Phi) is 4.52. The zero-order valence-electron chi connectivity index (χ0n) is 5.20. The van der Waals surface area contributed by atoms with Crippen LogP contribution in [0, 0.1) is 0 Å².